The highest BCUT2D eigenvalue weighted by Crippen LogP contribution is 2.20. The van der Waals surface area contributed by atoms with E-state index in [1.54, 1.807) is 13.1 Å². The van der Waals surface area contributed by atoms with Crippen LogP contribution in [0.2, 0.25) is 5.22 Å². The van der Waals surface area contributed by atoms with Crippen molar-refractivity contribution in [1.29, 1.82) is 0 Å². The molecule has 0 saturated heterocycles. The van der Waals surface area contributed by atoms with Gasteiger partial charge in [0.25, 0.3) is 0 Å². The van der Waals surface area contributed by atoms with E-state index in [1.807, 2.05) is 26.2 Å². The van der Waals surface area contributed by atoms with Crippen LogP contribution in [0.3, 0.4) is 0 Å². The summed E-state index contributed by atoms with van der Waals surface area (Å²) < 4.78 is 4.87. The van der Waals surface area contributed by atoms with Gasteiger partial charge in [0.1, 0.15) is 5.82 Å². The molecule has 0 spiro atoms. The molecule has 0 fully saturated rings. The maximum Gasteiger partial charge on any atom is 0.229 e. The van der Waals surface area contributed by atoms with Crippen molar-refractivity contribution in [3.63, 3.8) is 0 Å². The van der Waals surface area contributed by atoms with Gasteiger partial charge >= 0.3 is 0 Å². The van der Waals surface area contributed by atoms with Gasteiger partial charge in [0.15, 0.2) is 0 Å². The molecule has 2 heterocycles. The molecule has 0 bridgehead atoms. The number of nitrogens with one attached hydrogen (secondary N) is 1. The number of rotatable bonds is 6. The number of nitrogens with zero attached hydrogens (tertiary/aromatic N) is 3. The summed E-state index contributed by atoms with van der Waals surface area (Å²) in [6, 6.07) is 3.80. The lowest BCUT2D eigenvalue weighted by atomic mass is 10.1. The standard InChI is InChI=1S/C15H19ClN4O2/c1-10-12(15(16)22-19-10)4-5-14(21)18-13-8-11(6-7-17-13)9-20(2)3/h6-8H,4-5,9H2,1-3H3,(H,17,18,21). The lowest BCUT2D eigenvalue weighted by Crippen LogP contribution is -2.15. The van der Waals surface area contributed by atoms with Crippen LogP contribution in [-0.4, -0.2) is 35.0 Å². The lowest BCUT2D eigenvalue weighted by Gasteiger charge is -2.10. The van der Waals surface area contributed by atoms with E-state index in [9.17, 15) is 4.79 Å². The largest absolute Gasteiger partial charge is 0.344 e. The average molecular weight is 323 g/mol. The van der Waals surface area contributed by atoms with Crippen molar-refractivity contribution < 1.29 is 9.32 Å². The van der Waals surface area contributed by atoms with E-state index in [1.165, 1.54) is 0 Å². The topological polar surface area (TPSA) is 71.3 Å². The summed E-state index contributed by atoms with van der Waals surface area (Å²) >= 11 is 5.88. The Morgan fingerprint density at radius 3 is 2.86 bits per heavy atom. The number of halogens is 1. The van der Waals surface area contributed by atoms with Crippen LogP contribution in [0.5, 0.6) is 0 Å². The van der Waals surface area contributed by atoms with Crippen LogP contribution in [0.1, 0.15) is 23.2 Å². The molecule has 118 valence electrons. The van der Waals surface area contributed by atoms with Crippen LogP contribution >= 0.6 is 11.6 Å². The molecule has 6 nitrogen and oxygen atoms in total. The van der Waals surface area contributed by atoms with E-state index >= 15 is 0 Å². The van der Waals surface area contributed by atoms with Crippen LogP contribution < -0.4 is 5.32 Å². The number of pyridine rings is 1. The van der Waals surface area contributed by atoms with Gasteiger partial charge in [0, 0.05) is 24.7 Å². The highest BCUT2D eigenvalue weighted by atomic mass is 35.5. The third-order valence-electron chi connectivity index (χ3n) is 3.13. The Hall–Kier alpha value is -1.92. The summed E-state index contributed by atoms with van der Waals surface area (Å²) in [7, 11) is 3.98. The smallest absolute Gasteiger partial charge is 0.229 e. The predicted molar refractivity (Wildman–Crippen MR) is 84.8 cm³/mol. The zero-order valence-electron chi connectivity index (χ0n) is 12.9. The molecule has 0 unspecified atom stereocenters. The molecular weight excluding hydrogens is 304 g/mol. The molecular formula is C15H19ClN4O2. The molecule has 0 atom stereocenters. The molecule has 2 aromatic heterocycles. The van der Waals surface area contributed by atoms with Crippen LogP contribution in [0, 0.1) is 6.92 Å². The maximum atomic E-state index is 12.0. The first-order valence-corrected chi connectivity index (χ1v) is 7.33. The van der Waals surface area contributed by atoms with Crippen molar-refractivity contribution in [1.82, 2.24) is 15.0 Å². The Bertz CT molecular complexity index is 635. The van der Waals surface area contributed by atoms with Crippen LogP contribution in [0.4, 0.5) is 5.82 Å². The summed E-state index contributed by atoms with van der Waals surface area (Å²) in [5.41, 5.74) is 2.57. The second kappa shape index (κ2) is 7.38. The Labute approximate surface area is 134 Å². The van der Waals surface area contributed by atoms with Crippen molar-refractivity contribution in [2.75, 3.05) is 19.4 Å². The summed E-state index contributed by atoms with van der Waals surface area (Å²) in [5.74, 6) is 0.434. The molecule has 0 aromatic carbocycles. The van der Waals surface area contributed by atoms with Gasteiger partial charge in [-0.2, -0.15) is 0 Å². The molecule has 0 radical (unpaired) electrons. The minimum atomic E-state index is -0.119. The van der Waals surface area contributed by atoms with Crippen molar-refractivity contribution >= 4 is 23.3 Å². The number of anilines is 1. The van der Waals surface area contributed by atoms with E-state index in [-0.39, 0.29) is 11.1 Å². The fourth-order valence-electron chi connectivity index (χ4n) is 2.09. The van der Waals surface area contributed by atoms with Crippen molar-refractivity contribution in [3.8, 4) is 0 Å². The first-order valence-electron chi connectivity index (χ1n) is 6.96. The molecule has 0 saturated carbocycles. The molecule has 0 aliphatic heterocycles. The van der Waals surface area contributed by atoms with Gasteiger partial charge in [-0.3, -0.25) is 4.79 Å². The third kappa shape index (κ3) is 4.54. The van der Waals surface area contributed by atoms with E-state index in [0.717, 1.165) is 17.7 Å². The molecule has 7 heteroatoms. The number of carbonyl (C=O) groups excluding carboxylic acids is 1. The third-order valence-corrected chi connectivity index (χ3v) is 3.43. The second-order valence-corrected chi connectivity index (χ2v) is 5.70. The predicted octanol–water partition coefficient (Wildman–Crippen LogP) is 2.66. The summed E-state index contributed by atoms with van der Waals surface area (Å²) in [4.78, 5) is 18.2. The lowest BCUT2D eigenvalue weighted by molar-refractivity contribution is -0.116. The quantitative estimate of drug-likeness (QED) is 0.885. The number of aryl methyl sites for hydroxylation is 1. The van der Waals surface area contributed by atoms with Gasteiger partial charge in [0.2, 0.25) is 11.1 Å². The molecule has 0 aliphatic carbocycles. The molecule has 1 amide bonds. The number of amides is 1. The Morgan fingerprint density at radius 2 is 2.23 bits per heavy atom. The van der Waals surface area contributed by atoms with E-state index in [2.05, 4.69) is 20.4 Å². The van der Waals surface area contributed by atoms with Gasteiger partial charge in [-0.1, -0.05) is 5.16 Å². The van der Waals surface area contributed by atoms with Gasteiger partial charge < -0.3 is 14.7 Å². The molecule has 22 heavy (non-hydrogen) atoms. The number of hydrogen-bond acceptors (Lipinski definition) is 5. The molecule has 0 aliphatic rings. The van der Waals surface area contributed by atoms with Crippen molar-refractivity contribution in [2.24, 2.45) is 0 Å². The molecule has 1 N–H and O–H groups in total. The zero-order valence-corrected chi connectivity index (χ0v) is 13.6. The first kappa shape index (κ1) is 16.5. The summed E-state index contributed by atoms with van der Waals surface area (Å²) in [6.45, 7) is 2.59. The summed E-state index contributed by atoms with van der Waals surface area (Å²) in [6.07, 6.45) is 2.47. The van der Waals surface area contributed by atoms with Crippen molar-refractivity contribution in [3.05, 3.63) is 40.4 Å². The Balaban J connectivity index is 1.92. The second-order valence-electron chi connectivity index (χ2n) is 5.36. The van der Waals surface area contributed by atoms with Gasteiger partial charge in [-0.25, -0.2) is 4.98 Å². The SMILES string of the molecule is Cc1noc(Cl)c1CCC(=O)Nc1cc(CN(C)C)ccn1. The van der Waals surface area contributed by atoms with Gasteiger partial charge in [-0.15, -0.1) is 0 Å². The minimum absolute atomic E-state index is 0.119. The Morgan fingerprint density at radius 1 is 1.45 bits per heavy atom. The maximum absolute atomic E-state index is 12.0. The fourth-order valence-corrected chi connectivity index (χ4v) is 2.36. The number of aromatic nitrogens is 2. The normalized spacial score (nSPS) is 11.0. The monoisotopic (exact) mass is 322 g/mol. The highest BCUT2D eigenvalue weighted by molar-refractivity contribution is 6.29. The zero-order chi connectivity index (χ0) is 16.1. The van der Waals surface area contributed by atoms with Crippen LogP contribution in [0.25, 0.3) is 0 Å². The molecule has 2 aromatic rings. The average Bonchev–Trinajstić information content (AvgIpc) is 2.75. The number of carbonyl (C=O) groups is 1. The summed E-state index contributed by atoms with van der Waals surface area (Å²) in [5, 5.41) is 6.80. The first-order chi connectivity index (χ1) is 10.5. The van der Waals surface area contributed by atoms with Gasteiger partial charge in [0.05, 0.1) is 5.69 Å². The van der Waals surface area contributed by atoms with E-state index < -0.39 is 0 Å². The fraction of sp³-hybridized carbons (Fsp3) is 0.400. The minimum Gasteiger partial charge on any atom is -0.344 e. The Kier molecular flexibility index (Phi) is 5.51. The highest BCUT2D eigenvalue weighted by Gasteiger charge is 2.13. The van der Waals surface area contributed by atoms with E-state index in [0.29, 0.717) is 24.4 Å². The van der Waals surface area contributed by atoms with Crippen molar-refractivity contribution in [2.45, 2.75) is 26.3 Å². The molecule has 2 rings (SSSR count). The number of hydrogen-bond donors (Lipinski definition) is 1. The van der Waals surface area contributed by atoms with Crippen LogP contribution in [-0.2, 0) is 17.8 Å². The van der Waals surface area contributed by atoms with Gasteiger partial charge in [-0.05, 0) is 56.7 Å². The van der Waals surface area contributed by atoms with E-state index in [4.69, 9.17) is 16.1 Å². The van der Waals surface area contributed by atoms with Crippen LogP contribution in [0.15, 0.2) is 22.9 Å².